The molecule has 3 rings (SSSR count). The summed E-state index contributed by atoms with van der Waals surface area (Å²) in [7, 11) is 0. The highest BCUT2D eigenvalue weighted by atomic mass is 19.2. The minimum absolute atomic E-state index is 0.0689. The Balaban J connectivity index is 1.68. The number of carbonyl (C=O) groups is 1. The summed E-state index contributed by atoms with van der Waals surface area (Å²) in [4.78, 5) is 14.2. The lowest BCUT2D eigenvalue weighted by molar-refractivity contribution is -0.00202. The van der Waals surface area contributed by atoms with Gasteiger partial charge in [0, 0.05) is 29.8 Å². The lowest BCUT2D eigenvalue weighted by Gasteiger charge is -2.35. The number of piperidine rings is 1. The molecule has 0 atom stereocenters. The summed E-state index contributed by atoms with van der Waals surface area (Å²) >= 11 is 0. The molecule has 0 aliphatic carbocycles. The maximum absolute atomic E-state index is 13.2. The third kappa shape index (κ3) is 4.27. The number of halogens is 2. The zero-order chi connectivity index (χ0) is 18.7. The van der Waals surface area contributed by atoms with E-state index in [0.29, 0.717) is 42.6 Å². The molecular weight excluding hydrogens is 336 g/mol. The molecule has 5 heteroatoms. The van der Waals surface area contributed by atoms with E-state index in [4.69, 9.17) is 0 Å². The first-order valence-electron chi connectivity index (χ1n) is 8.43. The number of nitrogens with zero attached hydrogens (tertiary/aromatic N) is 1. The average molecular weight is 355 g/mol. The van der Waals surface area contributed by atoms with Crippen LogP contribution in [-0.4, -0.2) is 34.6 Å². The number of hydrogen-bond acceptors (Lipinski definition) is 2. The minimum Gasteiger partial charge on any atom is -0.390 e. The number of likely N-dealkylation sites (tertiary alicyclic amines) is 1. The highest BCUT2D eigenvalue weighted by Crippen LogP contribution is 2.22. The molecule has 0 bridgehead atoms. The van der Waals surface area contributed by atoms with Crippen LogP contribution in [0, 0.1) is 23.5 Å². The third-order valence-electron chi connectivity index (χ3n) is 4.53. The first kappa shape index (κ1) is 18.1. The van der Waals surface area contributed by atoms with Crippen LogP contribution in [0.15, 0.2) is 42.5 Å². The van der Waals surface area contributed by atoms with Gasteiger partial charge in [0.2, 0.25) is 0 Å². The van der Waals surface area contributed by atoms with Crippen molar-refractivity contribution in [3.63, 3.8) is 0 Å². The maximum atomic E-state index is 13.2. The number of benzene rings is 2. The topological polar surface area (TPSA) is 40.5 Å². The fourth-order valence-corrected chi connectivity index (χ4v) is 2.79. The molecule has 1 amide bonds. The molecule has 0 radical (unpaired) electrons. The quantitative estimate of drug-likeness (QED) is 0.797. The van der Waals surface area contributed by atoms with Crippen molar-refractivity contribution in [3.8, 4) is 11.8 Å². The van der Waals surface area contributed by atoms with Gasteiger partial charge in [0.1, 0.15) is 0 Å². The van der Waals surface area contributed by atoms with Crippen molar-refractivity contribution in [2.45, 2.75) is 25.4 Å². The Morgan fingerprint density at radius 1 is 1.00 bits per heavy atom. The van der Waals surface area contributed by atoms with Gasteiger partial charge in [-0.25, -0.2) is 8.78 Å². The van der Waals surface area contributed by atoms with Gasteiger partial charge in [-0.15, -0.1) is 0 Å². The van der Waals surface area contributed by atoms with Crippen LogP contribution in [0.3, 0.4) is 0 Å². The Morgan fingerprint density at radius 3 is 2.19 bits per heavy atom. The highest BCUT2D eigenvalue weighted by molar-refractivity contribution is 5.94. The molecule has 26 heavy (non-hydrogen) atoms. The Morgan fingerprint density at radius 2 is 1.58 bits per heavy atom. The van der Waals surface area contributed by atoms with Gasteiger partial charge >= 0.3 is 0 Å². The van der Waals surface area contributed by atoms with Gasteiger partial charge in [0.05, 0.1) is 5.60 Å². The minimum atomic E-state index is -0.932. The molecule has 1 saturated heterocycles. The van der Waals surface area contributed by atoms with Gasteiger partial charge in [-0.1, -0.05) is 11.8 Å². The molecule has 1 fully saturated rings. The van der Waals surface area contributed by atoms with E-state index in [0.717, 1.165) is 12.1 Å². The number of aliphatic hydroxyl groups is 1. The lowest BCUT2D eigenvalue weighted by atomic mass is 9.93. The van der Waals surface area contributed by atoms with E-state index in [1.807, 2.05) is 0 Å². The SMILES string of the molecule is CC1(O)CCN(C(=O)c2ccc(C#Cc3ccc(F)c(F)c3)cc2)CC1. The Hall–Kier alpha value is -2.71. The maximum Gasteiger partial charge on any atom is 0.253 e. The van der Waals surface area contributed by atoms with Crippen molar-refractivity contribution in [2.75, 3.05) is 13.1 Å². The molecule has 134 valence electrons. The molecule has 0 spiro atoms. The summed E-state index contributed by atoms with van der Waals surface area (Å²) in [6.07, 6.45) is 1.13. The summed E-state index contributed by atoms with van der Waals surface area (Å²) < 4.78 is 26.1. The molecule has 3 nitrogen and oxygen atoms in total. The largest absolute Gasteiger partial charge is 0.390 e. The lowest BCUT2D eigenvalue weighted by Crippen LogP contribution is -2.45. The first-order valence-corrected chi connectivity index (χ1v) is 8.43. The van der Waals surface area contributed by atoms with E-state index < -0.39 is 17.2 Å². The average Bonchev–Trinajstić information content (AvgIpc) is 2.62. The second-order valence-electron chi connectivity index (χ2n) is 6.75. The normalized spacial score (nSPS) is 15.9. The van der Waals surface area contributed by atoms with Crippen LogP contribution in [0.2, 0.25) is 0 Å². The summed E-state index contributed by atoms with van der Waals surface area (Å²) in [5.74, 6) is 3.73. The predicted octanol–water partition coefficient (Wildman–Crippen LogP) is 3.35. The zero-order valence-electron chi connectivity index (χ0n) is 14.4. The van der Waals surface area contributed by atoms with Crippen molar-refractivity contribution >= 4 is 5.91 Å². The first-order chi connectivity index (χ1) is 12.3. The van der Waals surface area contributed by atoms with Crippen molar-refractivity contribution < 1.29 is 18.7 Å². The molecular formula is C21H19F2NO2. The zero-order valence-corrected chi connectivity index (χ0v) is 14.4. The van der Waals surface area contributed by atoms with E-state index in [-0.39, 0.29) is 5.91 Å². The van der Waals surface area contributed by atoms with Crippen molar-refractivity contribution in [3.05, 3.63) is 70.8 Å². The second-order valence-corrected chi connectivity index (χ2v) is 6.75. The Kier molecular flexibility index (Phi) is 5.06. The standard InChI is InChI=1S/C21H19F2NO2/c1-21(26)10-12-24(13-11-21)20(25)17-7-4-15(5-8-17)2-3-16-6-9-18(22)19(23)14-16/h4-9,14,26H,10-13H2,1H3. The predicted molar refractivity (Wildman–Crippen MR) is 94.5 cm³/mol. The molecule has 0 saturated carbocycles. The monoisotopic (exact) mass is 355 g/mol. The van der Waals surface area contributed by atoms with Crippen LogP contribution in [0.1, 0.15) is 41.3 Å². The van der Waals surface area contributed by atoms with Gasteiger partial charge < -0.3 is 10.0 Å². The Bertz CT molecular complexity index is 869. The summed E-state index contributed by atoms with van der Waals surface area (Å²) in [6, 6.07) is 10.3. The van der Waals surface area contributed by atoms with E-state index >= 15 is 0 Å². The molecule has 2 aromatic rings. The smallest absolute Gasteiger partial charge is 0.253 e. The third-order valence-corrected chi connectivity index (χ3v) is 4.53. The second kappa shape index (κ2) is 7.27. The van der Waals surface area contributed by atoms with Crippen molar-refractivity contribution in [1.29, 1.82) is 0 Å². The fraction of sp³-hybridized carbons (Fsp3) is 0.286. The van der Waals surface area contributed by atoms with Crippen LogP contribution in [-0.2, 0) is 0 Å². The fourth-order valence-electron chi connectivity index (χ4n) is 2.79. The van der Waals surface area contributed by atoms with Gasteiger partial charge in [-0.2, -0.15) is 0 Å². The van der Waals surface area contributed by atoms with Crippen molar-refractivity contribution in [1.82, 2.24) is 4.90 Å². The van der Waals surface area contributed by atoms with E-state index in [2.05, 4.69) is 11.8 Å². The number of carbonyl (C=O) groups excluding carboxylic acids is 1. The Labute approximate surface area is 151 Å². The molecule has 1 aliphatic heterocycles. The van der Waals surface area contributed by atoms with Crippen LogP contribution in [0.25, 0.3) is 0 Å². The number of hydrogen-bond donors (Lipinski definition) is 1. The summed E-state index contributed by atoms with van der Waals surface area (Å²) in [5.41, 5.74) is 0.915. The van der Waals surface area contributed by atoms with E-state index in [1.54, 1.807) is 36.1 Å². The van der Waals surface area contributed by atoms with Crippen LogP contribution >= 0.6 is 0 Å². The van der Waals surface area contributed by atoms with Crippen LogP contribution < -0.4 is 0 Å². The summed E-state index contributed by atoms with van der Waals surface area (Å²) in [5, 5.41) is 9.97. The number of rotatable bonds is 1. The van der Waals surface area contributed by atoms with Gasteiger partial charge in [0.25, 0.3) is 5.91 Å². The van der Waals surface area contributed by atoms with Crippen molar-refractivity contribution in [2.24, 2.45) is 0 Å². The van der Waals surface area contributed by atoms with Gasteiger partial charge in [-0.05, 0) is 62.2 Å². The molecule has 1 heterocycles. The van der Waals surface area contributed by atoms with E-state index in [1.165, 1.54) is 6.07 Å². The summed E-state index contributed by atoms with van der Waals surface area (Å²) in [6.45, 7) is 2.85. The van der Waals surface area contributed by atoms with Crippen LogP contribution in [0.4, 0.5) is 8.78 Å². The molecule has 1 aliphatic rings. The molecule has 1 N–H and O–H groups in total. The van der Waals surface area contributed by atoms with E-state index in [9.17, 15) is 18.7 Å². The molecule has 0 aromatic heterocycles. The van der Waals surface area contributed by atoms with Gasteiger partial charge in [-0.3, -0.25) is 4.79 Å². The van der Waals surface area contributed by atoms with Gasteiger partial charge in [0.15, 0.2) is 11.6 Å². The molecule has 0 unspecified atom stereocenters. The van der Waals surface area contributed by atoms with Crippen LogP contribution in [0.5, 0.6) is 0 Å². The highest BCUT2D eigenvalue weighted by Gasteiger charge is 2.29. The number of amides is 1. The molecule has 2 aromatic carbocycles.